The van der Waals surface area contributed by atoms with Crippen LogP contribution in [0.25, 0.3) is 11.0 Å². The molecule has 39 heavy (non-hydrogen) atoms. The Morgan fingerprint density at radius 2 is 2.00 bits per heavy atom. The number of fused-ring (bicyclic) bond motifs is 3. The van der Waals surface area contributed by atoms with Gasteiger partial charge in [0, 0.05) is 19.3 Å². The number of rotatable bonds is 5. The number of ether oxygens (including phenoxy) is 2. The Bertz CT molecular complexity index is 1490. The standard InChI is InChI=1S/C26H24ClF3N6O3/c1-26(2,3)39-25(37)36-12-14-8-15(36)11-35(14)19-7-5-17-23(34-19)22(13(9-31)10-32-17)33-16-4-6-18(38-24(29)30)20(27)21(16)28/h4-7,10,14-15,24H,8,11-12H2,1-3H3,(H,32,33)/t14-,15-/m0/s1. The van der Waals surface area contributed by atoms with Gasteiger partial charge in [-0.2, -0.15) is 14.0 Å². The number of halogens is 4. The second kappa shape index (κ2) is 9.96. The maximum atomic E-state index is 15.0. The third-order valence-corrected chi connectivity index (χ3v) is 6.86. The summed E-state index contributed by atoms with van der Waals surface area (Å²) in [6.45, 7) is 3.33. The van der Waals surface area contributed by atoms with E-state index in [9.17, 15) is 23.2 Å². The van der Waals surface area contributed by atoms with Crippen LogP contribution in [0.15, 0.2) is 30.5 Å². The fraction of sp³-hybridized carbons (Fsp3) is 0.385. The number of aromatic nitrogens is 2. The summed E-state index contributed by atoms with van der Waals surface area (Å²) in [5, 5.41) is 11.9. The third-order valence-electron chi connectivity index (χ3n) is 6.50. The molecular weight excluding hydrogens is 537 g/mol. The average molecular weight is 561 g/mol. The van der Waals surface area contributed by atoms with Crippen molar-refractivity contribution in [3.63, 3.8) is 0 Å². The number of anilines is 3. The highest BCUT2D eigenvalue weighted by Crippen LogP contribution is 2.38. The van der Waals surface area contributed by atoms with E-state index in [1.807, 2.05) is 26.8 Å². The number of hydrogen-bond donors (Lipinski definition) is 1. The summed E-state index contributed by atoms with van der Waals surface area (Å²) in [4.78, 5) is 25.5. The third kappa shape index (κ3) is 5.18. The predicted molar refractivity (Wildman–Crippen MR) is 138 cm³/mol. The van der Waals surface area contributed by atoms with Crippen LogP contribution in [0.3, 0.4) is 0 Å². The molecule has 4 heterocycles. The average Bonchev–Trinajstić information content (AvgIpc) is 3.48. The molecule has 0 radical (unpaired) electrons. The largest absolute Gasteiger partial charge is 0.444 e. The van der Waals surface area contributed by atoms with E-state index < -0.39 is 28.8 Å². The van der Waals surface area contributed by atoms with Gasteiger partial charge in [-0.3, -0.25) is 4.98 Å². The molecule has 2 bridgehead atoms. The van der Waals surface area contributed by atoms with Crippen molar-refractivity contribution in [2.24, 2.45) is 0 Å². The first-order valence-corrected chi connectivity index (χ1v) is 12.5. The topological polar surface area (TPSA) is 104 Å². The van der Waals surface area contributed by atoms with Crippen LogP contribution in [0, 0.1) is 17.1 Å². The molecule has 0 spiro atoms. The quantitative estimate of drug-likeness (QED) is 0.415. The SMILES string of the molecule is CC(C)(C)OC(=O)N1C[C@@H]2C[C@H]1CN2c1ccc2ncc(C#N)c(Nc3ccc(OC(F)F)c(Cl)c3F)c2n1. The molecule has 9 nitrogen and oxygen atoms in total. The first-order valence-electron chi connectivity index (χ1n) is 12.1. The zero-order valence-corrected chi connectivity index (χ0v) is 22.0. The fourth-order valence-electron chi connectivity index (χ4n) is 4.87. The van der Waals surface area contributed by atoms with Crippen molar-refractivity contribution in [1.29, 1.82) is 5.26 Å². The molecule has 2 saturated heterocycles. The number of hydrogen-bond acceptors (Lipinski definition) is 8. The Labute approximate surface area is 227 Å². The summed E-state index contributed by atoms with van der Waals surface area (Å²) < 4.78 is 50.0. The van der Waals surface area contributed by atoms with Crippen LogP contribution in [0.1, 0.15) is 32.8 Å². The molecule has 13 heteroatoms. The second-order valence-electron chi connectivity index (χ2n) is 10.3. The summed E-state index contributed by atoms with van der Waals surface area (Å²) >= 11 is 5.91. The number of carbonyl (C=O) groups is 1. The number of piperazine rings is 1. The number of amides is 1. The normalized spacial score (nSPS) is 18.5. The van der Waals surface area contributed by atoms with Crippen molar-refractivity contribution in [2.75, 3.05) is 23.3 Å². The number of benzene rings is 1. The van der Waals surface area contributed by atoms with Crippen LogP contribution in [0.4, 0.5) is 35.2 Å². The second-order valence-corrected chi connectivity index (χ2v) is 10.6. The number of alkyl halides is 2. The molecule has 0 aliphatic carbocycles. The molecule has 2 aliphatic rings. The van der Waals surface area contributed by atoms with Gasteiger partial charge in [-0.25, -0.2) is 14.2 Å². The molecule has 0 saturated carbocycles. The zero-order chi connectivity index (χ0) is 28.1. The van der Waals surface area contributed by atoms with Gasteiger partial charge in [0.05, 0.1) is 34.5 Å². The van der Waals surface area contributed by atoms with E-state index in [0.29, 0.717) is 29.9 Å². The van der Waals surface area contributed by atoms with Gasteiger partial charge in [-0.1, -0.05) is 11.6 Å². The van der Waals surface area contributed by atoms with Crippen LogP contribution in [-0.4, -0.2) is 58.3 Å². The fourth-order valence-corrected chi connectivity index (χ4v) is 5.08. The van der Waals surface area contributed by atoms with Crippen molar-refractivity contribution in [1.82, 2.24) is 14.9 Å². The highest BCUT2D eigenvalue weighted by Gasteiger charge is 2.47. The van der Waals surface area contributed by atoms with Crippen molar-refractivity contribution < 1.29 is 27.4 Å². The lowest BCUT2D eigenvalue weighted by molar-refractivity contribution is -0.0499. The molecule has 204 valence electrons. The molecule has 2 fully saturated rings. The molecule has 1 N–H and O–H groups in total. The lowest BCUT2D eigenvalue weighted by Gasteiger charge is -2.35. The van der Waals surface area contributed by atoms with Crippen molar-refractivity contribution in [2.45, 2.75) is 51.5 Å². The van der Waals surface area contributed by atoms with Gasteiger partial charge in [0.2, 0.25) is 0 Å². The predicted octanol–water partition coefficient (Wildman–Crippen LogP) is 5.84. The van der Waals surface area contributed by atoms with Crippen LogP contribution in [0.5, 0.6) is 5.75 Å². The Morgan fingerprint density at radius 3 is 2.64 bits per heavy atom. The highest BCUT2D eigenvalue weighted by molar-refractivity contribution is 6.32. The van der Waals surface area contributed by atoms with Crippen LogP contribution in [0.2, 0.25) is 5.02 Å². The summed E-state index contributed by atoms with van der Waals surface area (Å²) in [6, 6.07) is 7.83. The van der Waals surface area contributed by atoms with Gasteiger partial charge in [-0.05, 0) is 51.5 Å². The van der Waals surface area contributed by atoms with E-state index in [4.69, 9.17) is 21.3 Å². The number of nitrogens with one attached hydrogen (secondary N) is 1. The van der Waals surface area contributed by atoms with Gasteiger partial charge in [0.15, 0.2) is 5.82 Å². The molecule has 0 unspecified atom stereocenters. The number of nitriles is 1. The smallest absolute Gasteiger partial charge is 0.410 e. The summed E-state index contributed by atoms with van der Waals surface area (Å²) in [5.74, 6) is -0.934. The van der Waals surface area contributed by atoms with Crippen LogP contribution in [-0.2, 0) is 4.74 Å². The monoisotopic (exact) mass is 560 g/mol. The van der Waals surface area contributed by atoms with E-state index in [-0.39, 0.29) is 35.1 Å². The molecule has 3 aromatic rings. The summed E-state index contributed by atoms with van der Waals surface area (Å²) in [6.07, 6.45) is 1.74. The van der Waals surface area contributed by atoms with Gasteiger partial charge in [-0.15, -0.1) is 0 Å². The first kappa shape index (κ1) is 26.6. The summed E-state index contributed by atoms with van der Waals surface area (Å²) in [7, 11) is 0. The lowest BCUT2D eigenvalue weighted by Crippen LogP contribution is -2.50. The Morgan fingerprint density at radius 1 is 1.23 bits per heavy atom. The van der Waals surface area contributed by atoms with Crippen LogP contribution < -0.4 is 15.0 Å². The molecule has 1 aromatic carbocycles. The van der Waals surface area contributed by atoms with Crippen LogP contribution >= 0.6 is 11.6 Å². The van der Waals surface area contributed by atoms with Gasteiger partial charge in [0.25, 0.3) is 0 Å². The minimum Gasteiger partial charge on any atom is -0.444 e. The molecule has 5 rings (SSSR count). The number of carbonyl (C=O) groups excluding carboxylic acids is 1. The minimum atomic E-state index is -3.17. The maximum Gasteiger partial charge on any atom is 0.410 e. The number of likely N-dealkylation sites (tertiary alicyclic amines) is 1. The van der Waals surface area contributed by atoms with Crippen molar-refractivity contribution in [3.8, 4) is 11.8 Å². The van der Waals surface area contributed by atoms with Gasteiger partial charge >= 0.3 is 12.7 Å². The number of nitrogens with zero attached hydrogens (tertiary/aromatic N) is 5. The summed E-state index contributed by atoms with van der Waals surface area (Å²) in [5.41, 5.74) is 0.279. The van der Waals surface area contributed by atoms with E-state index in [0.717, 1.165) is 12.5 Å². The van der Waals surface area contributed by atoms with E-state index in [2.05, 4.69) is 19.9 Å². The molecule has 2 aliphatic heterocycles. The molecular formula is C26H24ClF3N6O3. The van der Waals surface area contributed by atoms with E-state index in [1.54, 1.807) is 17.0 Å². The van der Waals surface area contributed by atoms with E-state index >= 15 is 0 Å². The zero-order valence-electron chi connectivity index (χ0n) is 21.2. The Kier molecular flexibility index (Phi) is 6.80. The highest BCUT2D eigenvalue weighted by atomic mass is 35.5. The first-order chi connectivity index (χ1) is 18.4. The minimum absolute atomic E-state index is 0.0228. The molecule has 2 atom stereocenters. The molecule has 2 aromatic heterocycles. The Balaban J connectivity index is 1.45. The Hall–Kier alpha value is -3.98. The van der Waals surface area contributed by atoms with E-state index in [1.165, 1.54) is 12.3 Å². The lowest BCUT2D eigenvalue weighted by atomic mass is 10.1. The number of pyridine rings is 2. The molecule has 1 amide bonds. The van der Waals surface area contributed by atoms with Gasteiger partial charge < -0.3 is 24.6 Å². The van der Waals surface area contributed by atoms with Gasteiger partial charge in [0.1, 0.15) is 33.8 Å². The van der Waals surface area contributed by atoms with Crippen molar-refractivity contribution in [3.05, 3.63) is 46.9 Å². The van der Waals surface area contributed by atoms with Crippen molar-refractivity contribution >= 4 is 45.9 Å². The maximum absolute atomic E-state index is 15.0.